The number of nitrogens with one attached hydrogen (secondary N) is 1. The van der Waals surface area contributed by atoms with Crippen LogP contribution >= 0.6 is 0 Å². The van der Waals surface area contributed by atoms with Crippen LogP contribution in [-0.4, -0.2) is 45.9 Å². The summed E-state index contributed by atoms with van der Waals surface area (Å²) in [5.41, 5.74) is 6.61. The Morgan fingerprint density at radius 3 is 2.86 bits per heavy atom. The van der Waals surface area contributed by atoms with Gasteiger partial charge in [0.05, 0.1) is 25.3 Å². The lowest BCUT2D eigenvalue weighted by Gasteiger charge is -2.07. The molecule has 0 aliphatic carbocycles. The van der Waals surface area contributed by atoms with Crippen LogP contribution in [0, 0.1) is 11.8 Å². The van der Waals surface area contributed by atoms with Crippen molar-refractivity contribution >= 4 is 5.91 Å². The van der Waals surface area contributed by atoms with E-state index in [1.165, 1.54) is 0 Å². The number of hydrogen-bond acceptors (Lipinski definition) is 4. The molecule has 0 unspecified atom stereocenters. The number of methoxy groups -OCH3 is 1. The van der Waals surface area contributed by atoms with Gasteiger partial charge in [-0.25, -0.2) is 0 Å². The summed E-state index contributed by atoms with van der Waals surface area (Å²) in [5.74, 6) is 5.54. The molecule has 0 aliphatic heterocycles. The molecule has 0 atom stereocenters. The van der Waals surface area contributed by atoms with Crippen molar-refractivity contribution in [3.05, 3.63) is 35.4 Å². The summed E-state index contributed by atoms with van der Waals surface area (Å²) in [5, 5.41) is 2.86. The SMILES string of the molecule is COCCOCCCNC(=O)c1ccccc1C#CCN. The summed E-state index contributed by atoms with van der Waals surface area (Å²) < 4.78 is 10.2. The van der Waals surface area contributed by atoms with Crippen molar-refractivity contribution in [2.75, 3.05) is 40.0 Å². The number of rotatable bonds is 8. The average Bonchev–Trinajstić information content (AvgIpc) is 2.52. The maximum absolute atomic E-state index is 12.1. The first-order valence-electron chi connectivity index (χ1n) is 6.92. The van der Waals surface area contributed by atoms with Crippen LogP contribution in [0.1, 0.15) is 22.3 Å². The lowest BCUT2D eigenvalue weighted by molar-refractivity contribution is 0.0688. The minimum absolute atomic E-state index is 0.131. The number of nitrogens with two attached hydrogens (primary N) is 1. The summed E-state index contributed by atoms with van der Waals surface area (Å²) in [6.07, 6.45) is 0.756. The minimum atomic E-state index is -0.131. The summed E-state index contributed by atoms with van der Waals surface area (Å²) in [6, 6.07) is 7.23. The summed E-state index contributed by atoms with van der Waals surface area (Å²) >= 11 is 0. The normalized spacial score (nSPS) is 9.81. The van der Waals surface area contributed by atoms with Gasteiger partial charge in [-0.1, -0.05) is 24.0 Å². The number of amides is 1. The minimum Gasteiger partial charge on any atom is -0.382 e. The third-order valence-electron chi connectivity index (χ3n) is 2.68. The lowest BCUT2D eigenvalue weighted by Crippen LogP contribution is -2.26. The molecule has 0 saturated heterocycles. The fourth-order valence-electron chi connectivity index (χ4n) is 1.65. The zero-order valence-electron chi connectivity index (χ0n) is 12.4. The molecule has 1 amide bonds. The quantitative estimate of drug-likeness (QED) is 0.548. The Kier molecular flexibility index (Phi) is 8.89. The molecule has 0 radical (unpaired) electrons. The molecule has 0 fully saturated rings. The van der Waals surface area contributed by atoms with Crippen LogP contribution in [0.3, 0.4) is 0 Å². The third-order valence-corrected chi connectivity index (χ3v) is 2.68. The lowest BCUT2D eigenvalue weighted by atomic mass is 10.1. The zero-order valence-corrected chi connectivity index (χ0v) is 12.4. The van der Waals surface area contributed by atoms with E-state index in [4.69, 9.17) is 15.2 Å². The summed E-state index contributed by atoms with van der Waals surface area (Å²) in [6.45, 7) is 2.58. The highest BCUT2D eigenvalue weighted by Gasteiger charge is 2.08. The zero-order chi connectivity index (χ0) is 15.3. The fourth-order valence-corrected chi connectivity index (χ4v) is 1.65. The molecule has 3 N–H and O–H groups in total. The van der Waals surface area contributed by atoms with Crippen LogP contribution in [0.25, 0.3) is 0 Å². The number of carbonyl (C=O) groups excluding carboxylic acids is 1. The van der Waals surface area contributed by atoms with Crippen molar-refractivity contribution in [1.29, 1.82) is 0 Å². The predicted octanol–water partition coefficient (Wildman–Crippen LogP) is 0.780. The van der Waals surface area contributed by atoms with Crippen molar-refractivity contribution in [2.24, 2.45) is 5.73 Å². The highest BCUT2D eigenvalue weighted by atomic mass is 16.5. The van der Waals surface area contributed by atoms with Gasteiger partial charge in [-0.15, -0.1) is 0 Å². The van der Waals surface area contributed by atoms with Gasteiger partial charge in [0.2, 0.25) is 0 Å². The molecule has 0 aliphatic rings. The molecular formula is C16H22N2O3. The van der Waals surface area contributed by atoms with Crippen LogP contribution in [0.4, 0.5) is 0 Å². The molecular weight excluding hydrogens is 268 g/mol. The van der Waals surface area contributed by atoms with Crippen molar-refractivity contribution in [1.82, 2.24) is 5.32 Å². The Morgan fingerprint density at radius 2 is 2.10 bits per heavy atom. The van der Waals surface area contributed by atoms with Gasteiger partial charge >= 0.3 is 0 Å². The van der Waals surface area contributed by atoms with Gasteiger partial charge in [0.15, 0.2) is 0 Å². The first-order chi connectivity index (χ1) is 10.3. The van der Waals surface area contributed by atoms with Gasteiger partial charge in [-0.2, -0.15) is 0 Å². The Balaban J connectivity index is 2.38. The van der Waals surface area contributed by atoms with E-state index in [9.17, 15) is 4.79 Å². The Hall–Kier alpha value is -1.87. The van der Waals surface area contributed by atoms with Crippen LogP contribution < -0.4 is 11.1 Å². The van der Waals surface area contributed by atoms with Crippen molar-refractivity contribution in [2.45, 2.75) is 6.42 Å². The van der Waals surface area contributed by atoms with E-state index in [1.54, 1.807) is 13.2 Å². The van der Waals surface area contributed by atoms with Crippen LogP contribution in [0.5, 0.6) is 0 Å². The molecule has 0 bridgehead atoms. The molecule has 0 spiro atoms. The molecule has 5 heteroatoms. The molecule has 0 heterocycles. The second kappa shape index (κ2) is 10.9. The van der Waals surface area contributed by atoms with Gasteiger partial charge < -0.3 is 20.5 Å². The highest BCUT2D eigenvalue weighted by Crippen LogP contribution is 2.07. The largest absolute Gasteiger partial charge is 0.382 e. The molecule has 21 heavy (non-hydrogen) atoms. The van der Waals surface area contributed by atoms with Gasteiger partial charge in [0, 0.05) is 25.8 Å². The van der Waals surface area contributed by atoms with E-state index >= 15 is 0 Å². The van der Waals surface area contributed by atoms with Crippen molar-refractivity contribution in [3.8, 4) is 11.8 Å². The van der Waals surface area contributed by atoms with Gasteiger partial charge in [-0.3, -0.25) is 4.79 Å². The maximum Gasteiger partial charge on any atom is 0.252 e. The van der Waals surface area contributed by atoms with E-state index in [0.29, 0.717) is 37.5 Å². The van der Waals surface area contributed by atoms with Crippen molar-refractivity contribution < 1.29 is 14.3 Å². The van der Waals surface area contributed by atoms with Crippen LogP contribution in [0.15, 0.2) is 24.3 Å². The number of carbonyl (C=O) groups is 1. The van der Waals surface area contributed by atoms with E-state index in [2.05, 4.69) is 17.2 Å². The number of ether oxygens (including phenoxy) is 2. The van der Waals surface area contributed by atoms with Crippen LogP contribution in [0.2, 0.25) is 0 Å². The number of benzene rings is 1. The topological polar surface area (TPSA) is 73.6 Å². The smallest absolute Gasteiger partial charge is 0.252 e. The number of hydrogen-bond donors (Lipinski definition) is 2. The van der Waals surface area contributed by atoms with Gasteiger partial charge in [0.25, 0.3) is 5.91 Å². The van der Waals surface area contributed by atoms with E-state index in [-0.39, 0.29) is 12.5 Å². The van der Waals surface area contributed by atoms with E-state index in [1.807, 2.05) is 18.2 Å². The Labute approximate surface area is 125 Å². The summed E-state index contributed by atoms with van der Waals surface area (Å²) in [7, 11) is 1.63. The van der Waals surface area contributed by atoms with E-state index in [0.717, 1.165) is 6.42 Å². The first-order valence-corrected chi connectivity index (χ1v) is 6.92. The molecule has 114 valence electrons. The third kappa shape index (κ3) is 6.91. The van der Waals surface area contributed by atoms with Crippen molar-refractivity contribution in [3.63, 3.8) is 0 Å². The molecule has 0 aromatic heterocycles. The average molecular weight is 290 g/mol. The maximum atomic E-state index is 12.1. The second-order valence-electron chi connectivity index (χ2n) is 4.27. The predicted molar refractivity (Wildman–Crippen MR) is 82.0 cm³/mol. The monoisotopic (exact) mass is 290 g/mol. The molecule has 1 aromatic carbocycles. The molecule has 5 nitrogen and oxygen atoms in total. The standard InChI is InChI=1S/C16H22N2O3/c1-20-12-13-21-11-5-10-18-16(19)15-8-3-2-6-14(15)7-4-9-17/h2-3,6,8H,5,9-13,17H2,1H3,(H,18,19). The molecule has 0 saturated carbocycles. The highest BCUT2D eigenvalue weighted by molar-refractivity contribution is 5.96. The van der Waals surface area contributed by atoms with E-state index < -0.39 is 0 Å². The first kappa shape index (κ1) is 17.2. The Bertz CT molecular complexity index is 492. The van der Waals surface area contributed by atoms with Gasteiger partial charge in [0.1, 0.15) is 0 Å². The molecule has 1 aromatic rings. The molecule has 1 rings (SSSR count). The van der Waals surface area contributed by atoms with Crippen LogP contribution in [-0.2, 0) is 9.47 Å². The summed E-state index contributed by atoms with van der Waals surface area (Å²) in [4.78, 5) is 12.1. The fraction of sp³-hybridized carbons (Fsp3) is 0.438. The second-order valence-corrected chi connectivity index (χ2v) is 4.27. The Morgan fingerprint density at radius 1 is 1.29 bits per heavy atom. The van der Waals surface area contributed by atoms with Gasteiger partial charge in [-0.05, 0) is 18.6 Å².